The molecule has 19 heavy (non-hydrogen) atoms. The van der Waals surface area contributed by atoms with Crippen molar-refractivity contribution in [3.8, 4) is 5.75 Å². The summed E-state index contributed by atoms with van der Waals surface area (Å²) in [5.41, 5.74) is 7.50. The first-order valence-corrected chi connectivity index (χ1v) is 5.85. The molecule has 0 saturated heterocycles. The van der Waals surface area contributed by atoms with Gasteiger partial charge >= 0.3 is 5.97 Å². The predicted molar refractivity (Wildman–Crippen MR) is 73.3 cm³/mol. The lowest BCUT2D eigenvalue weighted by molar-refractivity contribution is -0.137. The van der Waals surface area contributed by atoms with Crippen LogP contribution in [-0.2, 0) is 4.79 Å². The lowest BCUT2D eigenvalue weighted by atomic mass is 9.89. The normalized spacial score (nSPS) is 11.8. The molecule has 0 bridgehead atoms. The highest BCUT2D eigenvalue weighted by Crippen LogP contribution is 2.34. The highest BCUT2D eigenvalue weighted by molar-refractivity contribution is 5.83. The number of anilines is 1. The van der Waals surface area contributed by atoms with Crippen molar-refractivity contribution in [2.45, 2.75) is 5.92 Å². The maximum absolute atomic E-state index is 11.6. The molecule has 2 aromatic rings. The van der Waals surface area contributed by atoms with Gasteiger partial charge < -0.3 is 15.6 Å². The van der Waals surface area contributed by atoms with Crippen LogP contribution in [0.25, 0.3) is 0 Å². The highest BCUT2D eigenvalue weighted by Gasteiger charge is 2.26. The van der Waals surface area contributed by atoms with Crippen LogP contribution in [0, 0.1) is 0 Å². The van der Waals surface area contributed by atoms with Gasteiger partial charge in [-0.3, -0.25) is 4.79 Å². The second kappa shape index (κ2) is 5.44. The van der Waals surface area contributed by atoms with Crippen molar-refractivity contribution in [2.24, 2.45) is 0 Å². The zero-order valence-corrected chi connectivity index (χ0v) is 10.5. The number of aliphatic carboxylic acids is 1. The van der Waals surface area contributed by atoms with Crippen molar-refractivity contribution in [1.82, 2.24) is 0 Å². The van der Waals surface area contributed by atoms with Crippen LogP contribution in [0.5, 0.6) is 5.75 Å². The number of nitrogens with two attached hydrogens (primary N) is 1. The van der Waals surface area contributed by atoms with E-state index >= 15 is 0 Å². The van der Waals surface area contributed by atoms with Crippen molar-refractivity contribution in [1.29, 1.82) is 0 Å². The Morgan fingerprint density at radius 1 is 1.11 bits per heavy atom. The van der Waals surface area contributed by atoms with E-state index in [1.54, 1.807) is 48.5 Å². The van der Waals surface area contributed by atoms with Crippen LogP contribution in [0.1, 0.15) is 17.0 Å². The molecule has 98 valence electrons. The van der Waals surface area contributed by atoms with Gasteiger partial charge in [-0.15, -0.1) is 0 Å². The van der Waals surface area contributed by atoms with Crippen molar-refractivity contribution in [3.05, 3.63) is 59.7 Å². The van der Waals surface area contributed by atoms with Gasteiger partial charge in [-0.05, 0) is 17.7 Å². The fourth-order valence-corrected chi connectivity index (χ4v) is 2.11. The molecule has 0 aliphatic rings. The monoisotopic (exact) mass is 257 g/mol. The fraction of sp³-hybridized carbons (Fsp3) is 0.133. The average Bonchev–Trinajstić information content (AvgIpc) is 2.41. The number of para-hydroxylation sites is 2. The second-order valence-electron chi connectivity index (χ2n) is 4.14. The summed E-state index contributed by atoms with van der Waals surface area (Å²) in [7, 11) is 1.52. The predicted octanol–water partition coefficient (Wildman–Crippen LogP) is 2.49. The van der Waals surface area contributed by atoms with Gasteiger partial charge in [-0.25, -0.2) is 0 Å². The van der Waals surface area contributed by atoms with Gasteiger partial charge in [0.1, 0.15) is 11.7 Å². The van der Waals surface area contributed by atoms with Crippen LogP contribution in [0.4, 0.5) is 5.69 Å². The molecule has 0 aliphatic carbocycles. The molecule has 4 nitrogen and oxygen atoms in total. The summed E-state index contributed by atoms with van der Waals surface area (Å²) in [6, 6.07) is 14.0. The molecule has 0 amide bonds. The molecule has 0 aromatic heterocycles. The average molecular weight is 257 g/mol. The zero-order valence-electron chi connectivity index (χ0n) is 10.5. The molecule has 4 heteroatoms. The van der Waals surface area contributed by atoms with Gasteiger partial charge in [0.15, 0.2) is 0 Å². The number of carboxylic acids is 1. The Morgan fingerprint density at radius 3 is 2.26 bits per heavy atom. The summed E-state index contributed by atoms with van der Waals surface area (Å²) in [6.07, 6.45) is 0. The molecule has 0 spiro atoms. The van der Waals surface area contributed by atoms with Crippen LogP contribution >= 0.6 is 0 Å². The van der Waals surface area contributed by atoms with E-state index in [1.165, 1.54) is 7.11 Å². The van der Waals surface area contributed by atoms with Crippen molar-refractivity contribution < 1.29 is 14.6 Å². The summed E-state index contributed by atoms with van der Waals surface area (Å²) >= 11 is 0. The lowest BCUT2D eigenvalue weighted by Crippen LogP contribution is -2.15. The van der Waals surface area contributed by atoms with Gasteiger partial charge in [0, 0.05) is 11.3 Å². The van der Waals surface area contributed by atoms with E-state index in [1.807, 2.05) is 0 Å². The summed E-state index contributed by atoms with van der Waals surface area (Å²) in [6.45, 7) is 0. The molecule has 3 N–H and O–H groups in total. The highest BCUT2D eigenvalue weighted by atomic mass is 16.5. The standard InChI is InChI=1S/C15H15NO3/c1-19-13-9-5-3-7-11(13)14(15(17)18)10-6-2-4-8-12(10)16/h2-9,14H,16H2,1H3,(H,17,18). The summed E-state index contributed by atoms with van der Waals surface area (Å²) in [5.74, 6) is -1.25. The Labute approximate surface area is 111 Å². The smallest absolute Gasteiger partial charge is 0.315 e. The quantitative estimate of drug-likeness (QED) is 0.825. The summed E-state index contributed by atoms with van der Waals surface area (Å²) in [5, 5.41) is 9.51. The molecule has 0 fully saturated rings. The van der Waals surface area contributed by atoms with Gasteiger partial charge in [-0.1, -0.05) is 36.4 Å². The molecule has 0 saturated carbocycles. The first kappa shape index (κ1) is 13.0. The number of benzene rings is 2. The van der Waals surface area contributed by atoms with Crippen LogP contribution < -0.4 is 10.5 Å². The number of rotatable bonds is 4. The largest absolute Gasteiger partial charge is 0.496 e. The number of ether oxygens (including phenoxy) is 1. The Kier molecular flexibility index (Phi) is 3.71. The van der Waals surface area contributed by atoms with Crippen LogP contribution in [0.2, 0.25) is 0 Å². The van der Waals surface area contributed by atoms with Gasteiger partial charge in [-0.2, -0.15) is 0 Å². The number of carboxylic acid groups (broad SMARTS) is 1. The van der Waals surface area contributed by atoms with E-state index in [4.69, 9.17) is 10.5 Å². The number of nitrogen functional groups attached to an aromatic ring is 1. The Balaban J connectivity index is 2.59. The van der Waals surface area contributed by atoms with Crippen LogP contribution in [0.3, 0.4) is 0 Å². The number of methoxy groups -OCH3 is 1. The number of hydrogen-bond donors (Lipinski definition) is 2. The fourth-order valence-electron chi connectivity index (χ4n) is 2.11. The minimum absolute atomic E-state index is 0.459. The van der Waals surface area contributed by atoms with Gasteiger partial charge in [0.25, 0.3) is 0 Å². The second-order valence-corrected chi connectivity index (χ2v) is 4.14. The van der Waals surface area contributed by atoms with E-state index in [9.17, 15) is 9.90 Å². The Bertz CT molecular complexity index is 595. The first-order valence-electron chi connectivity index (χ1n) is 5.85. The summed E-state index contributed by atoms with van der Waals surface area (Å²) < 4.78 is 5.23. The third-order valence-electron chi connectivity index (χ3n) is 3.00. The molecular formula is C15H15NO3. The molecule has 2 rings (SSSR count). The third-order valence-corrected chi connectivity index (χ3v) is 3.00. The molecule has 1 atom stereocenters. The van der Waals surface area contributed by atoms with Gasteiger partial charge in [0.05, 0.1) is 7.11 Å². The van der Waals surface area contributed by atoms with Crippen molar-refractivity contribution in [3.63, 3.8) is 0 Å². The Hall–Kier alpha value is -2.49. The van der Waals surface area contributed by atoms with E-state index < -0.39 is 11.9 Å². The molecule has 2 aromatic carbocycles. The first-order chi connectivity index (χ1) is 9.15. The molecular weight excluding hydrogens is 242 g/mol. The number of hydrogen-bond acceptors (Lipinski definition) is 3. The van der Waals surface area contributed by atoms with Gasteiger partial charge in [0.2, 0.25) is 0 Å². The molecule has 0 radical (unpaired) electrons. The zero-order chi connectivity index (χ0) is 13.8. The minimum Gasteiger partial charge on any atom is -0.496 e. The van der Waals surface area contributed by atoms with E-state index in [-0.39, 0.29) is 0 Å². The maximum Gasteiger partial charge on any atom is 0.315 e. The minimum atomic E-state index is -0.956. The van der Waals surface area contributed by atoms with E-state index in [0.717, 1.165) is 0 Å². The van der Waals surface area contributed by atoms with Crippen molar-refractivity contribution in [2.75, 3.05) is 12.8 Å². The third kappa shape index (κ3) is 2.52. The van der Waals surface area contributed by atoms with E-state index in [2.05, 4.69) is 0 Å². The number of carbonyl (C=O) groups is 1. The molecule has 0 aliphatic heterocycles. The molecule has 1 unspecified atom stereocenters. The SMILES string of the molecule is COc1ccccc1C(C(=O)O)c1ccccc1N. The van der Waals surface area contributed by atoms with Crippen LogP contribution in [0.15, 0.2) is 48.5 Å². The summed E-state index contributed by atoms with van der Waals surface area (Å²) in [4.78, 5) is 11.6. The van der Waals surface area contributed by atoms with Crippen molar-refractivity contribution >= 4 is 11.7 Å². The Morgan fingerprint density at radius 2 is 1.68 bits per heavy atom. The maximum atomic E-state index is 11.6. The lowest BCUT2D eigenvalue weighted by Gasteiger charge is -2.17. The van der Waals surface area contributed by atoms with E-state index in [0.29, 0.717) is 22.6 Å². The van der Waals surface area contributed by atoms with Crippen LogP contribution in [-0.4, -0.2) is 18.2 Å². The molecule has 0 heterocycles. The topological polar surface area (TPSA) is 72.5 Å².